The van der Waals surface area contributed by atoms with Crippen molar-refractivity contribution in [1.82, 2.24) is 14.8 Å². The molecule has 1 atom stereocenters. The average Bonchev–Trinajstić information content (AvgIpc) is 3.37. The van der Waals surface area contributed by atoms with E-state index in [1.807, 2.05) is 22.8 Å². The highest BCUT2D eigenvalue weighted by atomic mass is 35.5. The second-order valence-electron chi connectivity index (χ2n) is 7.86. The summed E-state index contributed by atoms with van der Waals surface area (Å²) in [6.45, 7) is 6.52. The van der Waals surface area contributed by atoms with Gasteiger partial charge in [-0.05, 0) is 42.9 Å². The molecule has 0 bridgehead atoms. The number of thioether (sulfide) groups is 1. The van der Waals surface area contributed by atoms with Crippen molar-refractivity contribution in [2.24, 2.45) is 5.92 Å². The van der Waals surface area contributed by atoms with E-state index in [1.165, 1.54) is 16.6 Å². The van der Waals surface area contributed by atoms with Gasteiger partial charge >= 0.3 is 0 Å². The lowest BCUT2D eigenvalue weighted by Crippen LogP contribution is -2.15. The Morgan fingerprint density at radius 2 is 2.27 bits per heavy atom. The number of anilines is 1. The molecule has 9 heteroatoms. The largest absolute Gasteiger partial charge is 0.316 e. The zero-order valence-electron chi connectivity index (χ0n) is 18.3. The minimum atomic E-state index is -0.172. The predicted molar refractivity (Wildman–Crippen MR) is 135 cm³/mol. The fraction of sp³-hybridized carbons (Fsp3) is 0.333. The van der Waals surface area contributed by atoms with Crippen LogP contribution in [0.3, 0.4) is 0 Å². The Labute approximate surface area is 206 Å². The molecule has 0 saturated carbocycles. The van der Waals surface area contributed by atoms with Gasteiger partial charge in [0.2, 0.25) is 5.91 Å². The quantitative estimate of drug-likeness (QED) is 0.306. The van der Waals surface area contributed by atoms with Gasteiger partial charge in [-0.3, -0.25) is 9.36 Å². The summed E-state index contributed by atoms with van der Waals surface area (Å²) < 4.78 is 1.89. The summed E-state index contributed by atoms with van der Waals surface area (Å²) in [7, 11) is 0. The number of hydrogen-bond acceptors (Lipinski definition) is 6. The number of benzene rings is 1. The molecule has 1 aliphatic rings. The number of aromatic nitrogens is 3. The van der Waals surface area contributed by atoms with Gasteiger partial charge in [0.15, 0.2) is 11.0 Å². The Balaban J connectivity index is 1.48. The summed E-state index contributed by atoms with van der Waals surface area (Å²) in [6.07, 6.45) is 5.90. The van der Waals surface area contributed by atoms with Gasteiger partial charge < -0.3 is 5.32 Å². The fourth-order valence-corrected chi connectivity index (χ4v) is 6.33. The van der Waals surface area contributed by atoms with Crippen LogP contribution in [0.25, 0.3) is 11.4 Å². The number of nitriles is 1. The first-order valence-corrected chi connectivity index (χ1v) is 13.0. The predicted octanol–water partition coefficient (Wildman–Crippen LogP) is 5.96. The van der Waals surface area contributed by atoms with Crippen molar-refractivity contribution in [3.8, 4) is 17.5 Å². The Bertz CT molecular complexity index is 1230. The van der Waals surface area contributed by atoms with Crippen LogP contribution in [-0.2, 0) is 24.2 Å². The number of allylic oxidation sites excluding steroid dienone is 1. The zero-order chi connectivity index (χ0) is 23.4. The zero-order valence-corrected chi connectivity index (χ0v) is 20.7. The van der Waals surface area contributed by atoms with Crippen LogP contribution in [0.2, 0.25) is 5.02 Å². The standard InChI is InChI=1S/C24H24ClN5OS2/c1-3-11-30-22(17-7-5-6-8-19(17)25)28-29-24(30)32-14-21(31)27-23-18(13-26)16-10-9-15(4-2)12-20(16)33-23/h3,5-8,15H,1,4,9-12,14H2,2H3,(H,27,31). The van der Waals surface area contributed by atoms with Crippen molar-refractivity contribution < 1.29 is 4.79 Å². The normalized spacial score (nSPS) is 15.0. The van der Waals surface area contributed by atoms with Gasteiger partial charge in [0.25, 0.3) is 0 Å². The van der Waals surface area contributed by atoms with Gasteiger partial charge in [-0.15, -0.1) is 28.1 Å². The number of amides is 1. The lowest BCUT2D eigenvalue weighted by molar-refractivity contribution is -0.113. The molecule has 4 rings (SSSR count). The first-order chi connectivity index (χ1) is 16.0. The molecule has 0 spiro atoms. The number of fused-ring (bicyclic) bond motifs is 1. The SMILES string of the molecule is C=CCn1c(SCC(=O)Nc2sc3c(c2C#N)CCC(CC)C3)nnc1-c1ccccc1Cl. The van der Waals surface area contributed by atoms with Crippen LogP contribution in [0.1, 0.15) is 35.8 Å². The summed E-state index contributed by atoms with van der Waals surface area (Å²) in [5.74, 6) is 1.27. The number of nitrogens with one attached hydrogen (secondary N) is 1. The average molecular weight is 498 g/mol. The number of carbonyl (C=O) groups is 1. The maximum atomic E-state index is 12.8. The molecule has 6 nitrogen and oxygen atoms in total. The monoisotopic (exact) mass is 497 g/mol. The van der Waals surface area contributed by atoms with Crippen LogP contribution in [0.4, 0.5) is 5.00 Å². The first kappa shape index (κ1) is 23.6. The highest BCUT2D eigenvalue weighted by molar-refractivity contribution is 7.99. The molecule has 33 heavy (non-hydrogen) atoms. The smallest absolute Gasteiger partial charge is 0.235 e. The van der Waals surface area contributed by atoms with Gasteiger partial charge in [0.1, 0.15) is 11.1 Å². The molecule has 0 aliphatic heterocycles. The van der Waals surface area contributed by atoms with Crippen molar-refractivity contribution in [3.05, 3.63) is 57.9 Å². The third-order valence-corrected chi connectivity index (χ3v) is 8.25. The van der Waals surface area contributed by atoms with Crippen molar-refractivity contribution in [2.45, 2.75) is 44.3 Å². The van der Waals surface area contributed by atoms with Gasteiger partial charge in [-0.2, -0.15) is 5.26 Å². The van der Waals surface area contributed by atoms with E-state index in [4.69, 9.17) is 11.6 Å². The molecule has 2 aromatic heterocycles. The van der Waals surface area contributed by atoms with Gasteiger partial charge in [0.05, 0.1) is 16.3 Å². The van der Waals surface area contributed by atoms with E-state index >= 15 is 0 Å². The molecule has 0 saturated heterocycles. The third-order valence-electron chi connectivity index (χ3n) is 5.79. The Hall–Kier alpha value is -2.60. The maximum absolute atomic E-state index is 12.8. The number of thiophene rings is 1. The summed E-state index contributed by atoms with van der Waals surface area (Å²) >= 11 is 9.19. The van der Waals surface area contributed by atoms with E-state index in [-0.39, 0.29) is 11.7 Å². The van der Waals surface area contributed by atoms with Crippen LogP contribution in [0.5, 0.6) is 0 Å². The summed E-state index contributed by atoms with van der Waals surface area (Å²) in [4.78, 5) is 14.0. The second-order valence-corrected chi connectivity index (χ2v) is 10.3. The molecule has 3 aromatic rings. The van der Waals surface area contributed by atoms with Gasteiger partial charge in [-0.25, -0.2) is 0 Å². The maximum Gasteiger partial charge on any atom is 0.235 e. The Morgan fingerprint density at radius 1 is 1.45 bits per heavy atom. The number of rotatable bonds is 8. The fourth-order valence-electron chi connectivity index (χ4n) is 4.03. The van der Waals surface area contributed by atoms with E-state index in [1.54, 1.807) is 23.5 Å². The van der Waals surface area contributed by atoms with Gasteiger partial charge in [0, 0.05) is 17.0 Å². The lowest BCUT2D eigenvalue weighted by Gasteiger charge is -2.20. The molecule has 170 valence electrons. The van der Waals surface area contributed by atoms with Crippen LogP contribution in [-0.4, -0.2) is 26.4 Å². The van der Waals surface area contributed by atoms with Crippen LogP contribution < -0.4 is 5.32 Å². The van der Waals surface area contributed by atoms with Crippen LogP contribution >= 0.6 is 34.7 Å². The van der Waals surface area contributed by atoms with E-state index in [9.17, 15) is 10.1 Å². The number of carbonyl (C=O) groups excluding carboxylic acids is 1. The van der Waals surface area contributed by atoms with Crippen molar-refractivity contribution in [1.29, 1.82) is 5.26 Å². The molecule has 0 radical (unpaired) electrons. The van der Waals surface area contributed by atoms with E-state index in [0.29, 0.717) is 39.0 Å². The molecular weight excluding hydrogens is 474 g/mol. The van der Waals surface area contributed by atoms with E-state index < -0.39 is 0 Å². The molecular formula is C24H24ClN5OS2. The molecule has 1 N–H and O–H groups in total. The van der Waals surface area contributed by atoms with Crippen molar-refractivity contribution >= 4 is 45.6 Å². The Morgan fingerprint density at radius 3 is 3.00 bits per heavy atom. The van der Waals surface area contributed by atoms with Gasteiger partial charge in [-0.1, -0.05) is 54.9 Å². The van der Waals surface area contributed by atoms with Crippen molar-refractivity contribution in [2.75, 3.05) is 11.1 Å². The molecule has 1 unspecified atom stereocenters. The number of hydrogen-bond donors (Lipinski definition) is 1. The summed E-state index contributed by atoms with van der Waals surface area (Å²) in [5.41, 5.74) is 2.52. The lowest BCUT2D eigenvalue weighted by atomic mass is 9.86. The topological polar surface area (TPSA) is 83.6 Å². The minimum absolute atomic E-state index is 0.156. The Kier molecular flexibility index (Phi) is 7.53. The summed E-state index contributed by atoms with van der Waals surface area (Å²) in [5, 5.41) is 23.1. The molecule has 0 fully saturated rings. The minimum Gasteiger partial charge on any atom is -0.316 e. The van der Waals surface area contributed by atoms with E-state index in [0.717, 1.165) is 36.8 Å². The summed E-state index contributed by atoms with van der Waals surface area (Å²) in [6, 6.07) is 9.75. The molecule has 1 aliphatic carbocycles. The van der Waals surface area contributed by atoms with Crippen molar-refractivity contribution in [3.63, 3.8) is 0 Å². The number of halogens is 1. The first-order valence-electron chi connectivity index (χ1n) is 10.8. The third kappa shape index (κ3) is 5.01. The number of nitrogens with zero attached hydrogens (tertiary/aromatic N) is 4. The highest BCUT2D eigenvalue weighted by Crippen LogP contribution is 2.40. The van der Waals surface area contributed by atoms with Crippen LogP contribution in [0.15, 0.2) is 42.1 Å². The molecule has 1 aromatic carbocycles. The molecule has 2 heterocycles. The van der Waals surface area contributed by atoms with Crippen LogP contribution in [0, 0.1) is 17.2 Å². The second kappa shape index (κ2) is 10.6. The van der Waals surface area contributed by atoms with E-state index in [2.05, 4.69) is 35.1 Å². The highest BCUT2D eigenvalue weighted by Gasteiger charge is 2.26. The molecule has 1 amide bonds.